The zero-order valence-electron chi connectivity index (χ0n) is 10.6. The Labute approximate surface area is 110 Å². The maximum Gasteiger partial charge on any atom is 0.303 e. The third kappa shape index (κ3) is 4.17. The summed E-state index contributed by atoms with van der Waals surface area (Å²) in [4.78, 5) is 18.8. The van der Waals surface area contributed by atoms with Crippen molar-refractivity contribution in [1.82, 2.24) is 15.1 Å². The standard InChI is InChI=1S/C13H15N3O3/c1-9(6-13(17)18)5-12-15-11(16-19-12)7-10-3-2-4-14-8-10/h2-4,8-9H,5-7H2,1H3,(H,17,18). The molecule has 0 aromatic carbocycles. The van der Waals surface area contributed by atoms with E-state index in [-0.39, 0.29) is 12.3 Å². The molecule has 1 atom stereocenters. The molecular weight excluding hydrogens is 246 g/mol. The van der Waals surface area contributed by atoms with Gasteiger partial charge in [-0.3, -0.25) is 9.78 Å². The Hall–Kier alpha value is -2.24. The van der Waals surface area contributed by atoms with Crippen molar-refractivity contribution in [1.29, 1.82) is 0 Å². The van der Waals surface area contributed by atoms with E-state index in [1.807, 2.05) is 19.1 Å². The Morgan fingerprint density at radius 1 is 1.53 bits per heavy atom. The molecule has 2 heterocycles. The van der Waals surface area contributed by atoms with Crippen LogP contribution in [0.15, 0.2) is 29.0 Å². The van der Waals surface area contributed by atoms with Gasteiger partial charge in [-0.15, -0.1) is 0 Å². The van der Waals surface area contributed by atoms with Gasteiger partial charge < -0.3 is 9.63 Å². The normalized spacial score (nSPS) is 12.3. The molecule has 2 aromatic rings. The molecule has 2 aromatic heterocycles. The van der Waals surface area contributed by atoms with Crippen molar-refractivity contribution in [3.63, 3.8) is 0 Å². The first-order chi connectivity index (χ1) is 9.13. The molecule has 0 spiro atoms. The van der Waals surface area contributed by atoms with E-state index >= 15 is 0 Å². The van der Waals surface area contributed by atoms with E-state index < -0.39 is 5.97 Å². The summed E-state index contributed by atoms with van der Waals surface area (Å²) in [6, 6.07) is 3.79. The second-order valence-electron chi connectivity index (χ2n) is 4.55. The number of aliphatic carboxylic acids is 1. The lowest BCUT2D eigenvalue weighted by atomic mass is 10.0. The number of nitrogens with zero attached hydrogens (tertiary/aromatic N) is 3. The molecule has 0 fully saturated rings. The topological polar surface area (TPSA) is 89.1 Å². The lowest BCUT2D eigenvalue weighted by Gasteiger charge is -2.03. The van der Waals surface area contributed by atoms with Gasteiger partial charge >= 0.3 is 5.97 Å². The first-order valence-corrected chi connectivity index (χ1v) is 6.05. The molecule has 0 saturated heterocycles. The minimum atomic E-state index is -0.817. The molecule has 0 bridgehead atoms. The molecule has 0 saturated carbocycles. The molecule has 1 unspecified atom stereocenters. The van der Waals surface area contributed by atoms with Crippen LogP contribution in [0.3, 0.4) is 0 Å². The fraction of sp³-hybridized carbons (Fsp3) is 0.385. The van der Waals surface area contributed by atoms with Gasteiger partial charge in [0.15, 0.2) is 5.82 Å². The van der Waals surface area contributed by atoms with Gasteiger partial charge in [0.2, 0.25) is 5.89 Å². The van der Waals surface area contributed by atoms with E-state index in [0.29, 0.717) is 24.6 Å². The summed E-state index contributed by atoms with van der Waals surface area (Å²) in [5.74, 6) is 0.227. The molecule has 0 radical (unpaired) electrons. The van der Waals surface area contributed by atoms with E-state index in [1.165, 1.54) is 0 Å². The summed E-state index contributed by atoms with van der Waals surface area (Å²) in [6.07, 6.45) is 4.60. The summed E-state index contributed by atoms with van der Waals surface area (Å²) < 4.78 is 5.11. The number of pyridine rings is 1. The summed E-state index contributed by atoms with van der Waals surface area (Å²) >= 11 is 0. The highest BCUT2D eigenvalue weighted by Gasteiger charge is 2.13. The summed E-state index contributed by atoms with van der Waals surface area (Å²) in [6.45, 7) is 1.85. The van der Waals surface area contributed by atoms with Gasteiger partial charge in [0, 0.05) is 31.7 Å². The molecule has 100 valence electrons. The first-order valence-electron chi connectivity index (χ1n) is 6.05. The Balaban J connectivity index is 1.94. The van der Waals surface area contributed by atoms with Crippen molar-refractivity contribution in [2.45, 2.75) is 26.2 Å². The Morgan fingerprint density at radius 3 is 3.05 bits per heavy atom. The molecule has 19 heavy (non-hydrogen) atoms. The minimum absolute atomic E-state index is 0.0239. The van der Waals surface area contributed by atoms with Crippen LogP contribution >= 0.6 is 0 Å². The largest absolute Gasteiger partial charge is 0.481 e. The molecule has 0 aliphatic heterocycles. The van der Waals surface area contributed by atoms with Crippen LogP contribution in [0.4, 0.5) is 0 Å². The van der Waals surface area contributed by atoms with Gasteiger partial charge in [0.1, 0.15) is 0 Å². The van der Waals surface area contributed by atoms with Crippen LogP contribution in [-0.2, 0) is 17.6 Å². The van der Waals surface area contributed by atoms with Crippen LogP contribution < -0.4 is 0 Å². The van der Waals surface area contributed by atoms with Crippen LogP contribution in [-0.4, -0.2) is 26.2 Å². The second kappa shape index (κ2) is 6.08. The molecule has 0 aliphatic carbocycles. The van der Waals surface area contributed by atoms with E-state index in [1.54, 1.807) is 12.4 Å². The van der Waals surface area contributed by atoms with Gasteiger partial charge in [-0.05, 0) is 17.5 Å². The van der Waals surface area contributed by atoms with Gasteiger partial charge in [-0.25, -0.2) is 0 Å². The van der Waals surface area contributed by atoms with Crippen molar-refractivity contribution in [3.8, 4) is 0 Å². The fourth-order valence-corrected chi connectivity index (χ4v) is 1.80. The number of hydrogen-bond acceptors (Lipinski definition) is 5. The highest BCUT2D eigenvalue weighted by Crippen LogP contribution is 2.11. The van der Waals surface area contributed by atoms with Gasteiger partial charge in [-0.2, -0.15) is 4.98 Å². The minimum Gasteiger partial charge on any atom is -0.481 e. The molecule has 2 rings (SSSR count). The first kappa shape index (κ1) is 13.2. The number of aromatic nitrogens is 3. The highest BCUT2D eigenvalue weighted by atomic mass is 16.5. The van der Waals surface area contributed by atoms with Gasteiger partial charge in [-0.1, -0.05) is 18.1 Å². The van der Waals surface area contributed by atoms with Crippen LogP contribution in [0.2, 0.25) is 0 Å². The van der Waals surface area contributed by atoms with Gasteiger partial charge in [0.05, 0.1) is 0 Å². The number of carboxylic acids is 1. The fourth-order valence-electron chi connectivity index (χ4n) is 1.80. The lowest BCUT2D eigenvalue weighted by Crippen LogP contribution is -2.07. The Morgan fingerprint density at radius 2 is 2.37 bits per heavy atom. The zero-order valence-corrected chi connectivity index (χ0v) is 10.6. The molecule has 1 N–H and O–H groups in total. The summed E-state index contributed by atoms with van der Waals surface area (Å²) in [7, 11) is 0. The molecule has 6 heteroatoms. The maximum absolute atomic E-state index is 10.6. The van der Waals surface area contributed by atoms with Gasteiger partial charge in [0.25, 0.3) is 0 Å². The van der Waals surface area contributed by atoms with Crippen LogP contribution in [0, 0.1) is 5.92 Å². The van der Waals surface area contributed by atoms with Crippen molar-refractivity contribution < 1.29 is 14.4 Å². The maximum atomic E-state index is 10.6. The van der Waals surface area contributed by atoms with E-state index in [0.717, 1.165) is 5.56 Å². The Kier molecular flexibility index (Phi) is 4.22. The lowest BCUT2D eigenvalue weighted by molar-refractivity contribution is -0.137. The quantitative estimate of drug-likeness (QED) is 0.851. The van der Waals surface area contributed by atoms with Crippen molar-refractivity contribution in [2.24, 2.45) is 5.92 Å². The van der Waals surface area contributed by atoms with E-state index in [9.17, 15) is 4.79 Å². The second-order valence-corrected chi connectivity index (χ2v) is 4.55. The van der Waals surface area contributed by atoms with Crippen LogP contribution in [0.1, 0.15) is 30.6 Å². The predicted molar refractivity (Wildman–Crippen MR) is 66.5 cm³/mol. The SMILES string of the molecule is CC(CC(=O)O)Cc1nc(Cc2cccnc2)no1. The van der Waals surface area contributed by atoms with Crippen molar-refractivity contribution in [2.75, 3.05) is 0 Å². The molecule has 0 aliphatic rings. The monoisotopic (exact) mass is 261 g/mol. The third-order valence-corrected chi connectivity index (χ3v) is 2.64. The average molecular weight is 261 g/mol. The molecular formula is C13H15N3O3. The van der Waals surface area contributed by atoms with E-state index in [4.69, 9.17) is 9.63 Å². The predicted octanol–water partition coefficient (Wildman–Crippen LogP) is 1.71. The van der Waals surface area contributed by atoms with Crippen molar-refractivity contribution in [3.05, 3.63) is 41.8 Å². The summed E-state index contributed by atoms with van der Waals surface area (Å²) in [5, 5.41) is 12.6. The Bertz CT molecular complexity index is 539. The average Bonchev–Trinajstić information content (AvgIpc) is 2.76. The number of carboxylic acid groups (broad SMARTS) is 1. The molecule has 6 nitrogen and oxygen atoms in total. The smallest absolute Gasteiger partial charge is 0.303 e. The van der Waals surface area contributed by atoms with E-state index in [2.05, 4.69) is 15.1 Å². The van der Waals surface area contributed by atoms with Crippen LogP contribution in [0.5, 0.6) is 0 Å². The third-order valence-electron chi connectivity index (χ3n) is 2.64. The van der Waals surface area contributed by atoms with Crippen molar-refractivity contribution >= 4 is 5.97 Å². The van der Waals surface area contributed by atoms with Crippen LogP contribution in [0.25, 0.3) is 0 Å². The number of rotatable bonds is 6. The molecule has 0 amide bonds. The highest BCUT2D eigenvalue weighted by molar-refractivity contribution is 5.66. The number of hydrogen-bond donors (Lipinski definition) is 1. The zero-order chi connectivity index (χ0) is 13.7. The summed E-state index contributed by atoms with van der Waals surface area (Å²) in [5.41, 5.74) is 1.01. The number of carbonyl (C=O) groups is 1.